The molecule has 1 aromatic heterocycles. The molecule has 0 saturated carbocycles. The highest BCUT2D eigenvalue weighted by atomic mass is 19.1. The molecule has 1 N–H and O–H groups in total. The summed E-state index contributed by atoms with van der Waals surface area (Å²) in [5, 5.41) is 25.0. The highest BCUT2D eigenvalue weighted by Gasteiger charge is 2.33. The molecule has 0 aliphatic carbocycles. The minimum atomic E-state index is -1.28. The van der Waals surface area contributed by atoms with Gasteiger partial charge in [0.2, 0.25) is 0 Å². The van der Waals surface area contributed by atoms with E-state index in [-0.39, 0.29) is 17.8 Å². The summed E-state index contributed by atoms with van der Waals surface area (Å²) in [6, 6.07) is 6.20. The lowest BCUT2D eigenvalue weighted by molar-refractivity contribution is -0.384. The molecule has 1 atom stereocenters. The van der Waals surface area contributed by atoms with Crippen LogP contribution in [0.15, 0.2) is 41.6 Å². The van der Waals surface area contributed by atoms with Crippen molar-refractivity contribution >= 4 is 17.5 Å². The van der Waals surface area contributed by atoms with Crippen LogP contribution < -0.4 is 0 Å². The number of nitrogens with zero attached hydrogens (tertiary/aromatic N) is 4. The molecule has 0 saturated heterocycles. The van der Waals surface area contributed by atoms with Crippen LogP contribution in [-0.2, 0) is 0 Å². The summed E-state index contributed by atoms with van der Waals surface area (Å²) in [7, 11) is 0. The van der Waals surface area contributed by atoms with Gasteiger partial charge in [-0.3, -0.25) is 15.1 Å². The number of aryl methyl sites for hydroxylation is 1. The van der Waals surface area contributed by atoms with Gasteiger partial charge in [0.15, 0.2) is 0 Å². The van der Waals surface area contributed by atoms with Crippen LogP contribution in [0.1, 0.15) is 29.3 Å². The average molecular weight is 344 g/mol. The maximum absolute atomic E-state index is 13.8. The molecule has 0 fully saturated rings. The minimum Gasteiger partial charge on any atom is -0.464 e. The number of benzene rings is 1. The lowest BCUT2D eigenvalue weighted by Gasteiger charge is -2.18. The topological polar surface area (TPSA) is 109 Å². The smallest absolute Gasteiger partial charge is 0.428 e. The second-order valence-corrected chi connectivity index (χ2v) is 5.53. The lowest BCUT2D eigenvalue weighted by Crippen LogP contribution is -2.25. The van der Waals surface area contributed by atoms with Crippen LogP contribution in [0.3, 0.4) is 0 Å². The predicted octanol–water partition coefficient (Wildman–Crippen LogP) is 3.27. The molecule has 2 heterocycles. The Morgan fingerprint density at radius 1 is 1.40 bits per heavy atom. The summed E-state index contributed by atoms with van der Waals surface area (Å²) >= 11 is 0. The number of non-ortho nitro benzene ring substituents is 1. The lowest BCUT2D eigenvalue weighted by atomic mass is 9.99. The number of carboxylic acid groups (broad SMARTS) is 1. The predicted molar refractivity (Wildman–Crippen MR) is 85.8 cm³/mol. The fourth-order valence-electron chi connectivity index (χ4n) is 2.60. The normalized spacial score (nSPS) is 16.6. The van der Waals surface area contributed by atoms with Crippen molar-refractivity contribution in [2.75, 3.05) is 0 Å². The van der Waals surface area contributed by atoms with E-state index in [1.165, 1.54) is 43.5 Å². The molecule has 9 heteroatoms. The Balaban J connectivity index is 1.92. The zero-order valence-corrected chi connectivity index (χ0v) is 13.1. The molecule has 0 radical (unpaired) electrons. The number of amides is 1. The third-order valence-corrected chi connectivity index (χ3v) is 3.95. The van der Waals surface area contributed by atoms with Crippen molar-refractivity contribution in [3.63, 3.8) is 0 Å². The molecule has 1 aromatic carbocycles. The number of hydrogen-bond donors (Lipinski definition) is 1. The Hall–Kier alpha value is -3.36. The second-order valence-electron chi connectivity index (χ2n) is 5.53. The largest absolute Gasteiger partial charge is 0.464 e. The van der Waals surface area contributed by atoms with E-state index in [4.69, 9.17) is 0 Å². The van der Waals surface area contributed by atoms with Gasteiger partial charge in [0.25, 0.3) is 5.69 Å². The van der Waals surface area contributed by atoms with E-state index in [0.717, 1.165) is 5.01 Å². The van der Waals surface area contributed by atoms with Gasteiger partial charge < -0.3 is 5.11 Å². The summed E-state index contributed by atoms with van der Waals surface area (Å²) in [4.78, 5) is 25.6. The number of rotatable bonds is 3. The molecule has 25 heavy (non-hydrogen) atoms. The number of carbonyl (C=O) groups is 1. The van der Waals surface area contributed by atoms with Crippen molar-refractivity contribution in [3.05, 3.63) is 69.3 Å². The van der Waals surface area contributed by atoms with E-state index in [1.54, 1.807) is 0 Å². The zero-order valence-electron chi connectivity index (χ0n) is 13.1. The van der Waals surface area contributed by atoms with Crippen LogP contribution in [0.5, 0.6) is 0 Å². The maximum atomic E-state index is 13.8. The van der Waals surface area contributed by atoms with Crippen LogP contribution in [-0.4, -0.2) is 31.8 Å². The molecule has 8 nitrogen and oxygen atoms in total. The first-order valence-corrected chi connectivity index (χ1v) is 7.33. The monoisotopic (exact) mass is 344 g/mol. The molecule has 2 aromatic rings. The van der Waals surface area contributed by atoms with Gasteiger partial charge in [0, 0.05) is 24.8 Å². The summed E-state index contributed by atoms with van der Waals surface area (Å²) in [5.41, 5.74) is 1.56. The fraction of sp³-hybridized carbons (Fsp3) is 0.188. The van der Waals surface area contributed by atoms with Crippen molar-refractivity contribution < 1.29 is 19.2 Å². The number of aromatic nitrogens is 1. The number of nitro benzene ring substituents is 1. The minimum absolute atomic E-state index is 0.0706. The van der Waals surface area contributed by atoms with E-state index in [9.17, 15) is 24.4 Å². The molecule has 1 aliphatic rings. The molecule has 1 amide bonds. The average Bonchev–Trinajstić information content (AvgIpc) is 3.03. The molecule has 0 bridgehead atoms. The van der Waals surface area contributed by atoms with E-state index in [0.29, 0.717) is 16.8 Å². The SMILES string of the molecule is Cc1ncc(C2CC(c3ccc([N+](=O)[O-])cc3)=NN2C(=O)O)cc1F. The highest BCUT2D eigenvalue weighted by Crippen LogP contribution is 2.33. The van der Waals surface area contributed by atoms with Crippen molar-refractivity contribution in [3.8, 4) is 0 Å². The van der Waals surface area contributed by atoms with Gasteiger partial charge in [-0.15, -0.1) is 0 Å². The first-order chi connectivity index (χ1) is 11.9. The Labute approximate surface area is 141 Å². The molecule has 128 valence electrons. The van der Waals surface area contributed by atoms with Crippen molar-refractivity contribution in [2.24, 2.45) is 5.10 Å². The Morgan fingerprint density at radius 3 is 2.64 bits per heavy atom. The molecule has 1 aliphatic heterocycles. The van der Waals surface area contributed by atoms with Crippen LogP contribution >= 0.6 is 0 Å². The van der Waals surface area contributed by atoms with E-state index in [1.807, 2.05) is 0 Å². The second kappa shape index (κ2) is 6.27. The molecule has 0 spiro atoms. The number of nitro groups is 1. The molecule has 3 rings (SSSR count). The van der Waals surface area contributed by atoms with Gasteiger partial charge in [0.05, 0.1) is 22.4 Å². The van der Waals surface area contributed by atoms with Gasteiger partial charge in [-0.1, -0.05) is 0 Å². The Morgan fingerprint density at radius 2 is 2.08 bits per heavy atom. The summed E-state index contributed by atoms with van der Waals surface area (Å²) in [5.74, 6) is -0.522. The van der Waals surface area contributed by atoms with Crippen molar-refractivity contribution in [1.29, 1.82) is 0 Å². The molecular weight excluding hydrogens is 331 g/mol. The van der Waals surface area contributed by atoms with Crippen LogP contribution in [0.2, 0.25) is 0 Å². The first-order valence-electron chi connectivity index (χ1n) is 7.33. The highest BCUT2D eigenvalue weighted by molar-refractivity contribution is 6.02. The van der Waals surface area contributed by atoms with Gasteiger partial charge in [-0.05, 0) is 36.2 Å². The number of halogens is 1. The summed E-state index contributed by atoms with van der Waals surface area (Å²) in [6.45, 7) is 1.52. The van der Waals surface area contributed by atoms with Crippen LogP contribution in [0, 0.1) is 22.9 Å². The summed E-state index contributed by atoms with van der Waals surface area (Å²) < 4.78 is 13.8. The van der Waals surface area contributed by atoms with Gasteiger partial charge in [-0.2, -0.15) is 10.1 Å². The molecule has 1 unspecified atom stereocenters. The van der Waals surface area contributed by atoms with Crippen LogP contribution in [0.4, 0.5) is 14.9 Å². The van der Waals surface area contributed by atoms with Gasteiger partial charge in [0.1, 0.15) is 5.82 Å². The van der Waals surface area contributed by atoms with E-state index < -0.39 is 22.9 Å². The number of pyridine rings is 1. The van der Waals surface area contributed by atoms with Gasteiger partial charge >= 0.3 is 6.09 Å². The zero-order chi connectivity index (χ0) is 18.1. The number of hydrazone groups is 1. The number of hydrogen-bond acceptors (Lipinski definition) is 5. The van der Waals surface area contributed by atoms with Crippen LogP contribution in [0.25, 0.3) is 0 Å². The third-order valence-electron chi connectivity index (χ3n) is 3.95. The maximum Gasteiger partial charge on any atom is 0.428 e. The quantitative estimate of drug-likeness (QED) is 0.679. The standard InChI is InChI=1S/C16H13FN4O4/c1-9-13(17)6-11(8-18-9)15-7-14(19-20(15)16(22)23)10-2-4-12(5-3-10)21(24)25/h2-6,8,15H,7H2,1H3,(H,22,23). The van der Waals surface area contributed by atoms with Gasteiger partial charge in [-0.25, -0.2) is 9.18 Å². The van der Waals surface area contributed by atoms with Crippen molar-refractivity contribution in [1.82, 2.24) is 9.99 Å². The first kappa shape index (κ1) is 16.5. The third kappa shape index (κ3) is 3.16. The van der Waals surface area contributed by atoms with Crippen molar-refractivity contribution in [2.45, 2.75) is 19.4 Å². The molecular formula is C16H13FN4O4. The Kier molecular flexibility index (Phi) is 4.14. The summed E-state index contributed by atoms with van der Waals surface area (Å²) in [6.07, 6.45) is 0.365. The fourth-order valence-corrected chi connectivity index (χ4v) is 2.60. The van der Waals surface area contributed by atoms with E-state index in [2.05, 4.69) is 10.1 Å². The Bertz CT molecular complexity index is 882. The van der Waals surface area contributed by atoms with E-state index >= 15 is 0 Å².